The highest BCUT2D eigenvalue weighted by atomic mass is 16.2. The highest BCUT2D eigenvalue weighted by Gasteiger charge is 2.26. The van der Waals surface area contributed by atoms with Crippen LogP contribution in [0.3, 0.4) is 0 Å². The lowest BCUT2D eigenvalue weighted by Gasteiger charge is -2.33. The topological polar surface area (TPSA) is 53.2 Å². The summed E-state index contributed by atoms with van der Waals surface area (Å²) < 4.78 is 0. The highest BCUT2D eigenvalue weighted by molar-refractivity contribution is 5.78. The predicted molar refractivity (Wildman–Crippen MR) is 88.4 cm³/mol. The summed E-state index contributed by atoms with van der Waals surface area (Å²) in [4.78, 5) is 12.0. The first-order valence-corrected chi connectivity index (χ1v) is 7.56. The van der Waals surface area contributed by atoms with Crippen molar-refractivity contribution in [1.29, 1.82) is 0 Å². The molecule has 1 saturated heterocycles. The van der Waals surface area contributed by atoms with Crippen molar-refractivity contribution in [2.24, 2.45) is 0 Å². The normalized spacial score (nSPS) is 21.3. The fourth-order valence-corrected chi connectivity index (χ4v) is 2.68. The van der Waals surface area contributed by atoms with E-state index >= 15 is 0 Å². The lowest BCUT2D eigenvalue weighted by molar-refractivity contribution is -0.124. The molecule has 0 bridgehead atoms. The van der Waals surface area contributed by atoms with Crippen molar-refractivity contribution in [2.75, 3.05) is 5.32 Å². The summed E-state index contributed by atoms with van der Waals surface area (Å²) in [6, 6.07) is 16.3. The number of carbonyl (C=O) groups excluding carboxylic acids is 1. The second-order valence-corrected chi connectivity index (χ2v) is 5.78. The Morgan fingerprint density at radius 1 is 1.05 bits per heavy atom. The van der Waals surface area contributed by atoms with E-state index in [1.807, 2.05) is 36.4 Å². The molecule has 4 heteroatoms. The molecule has 2 aromatic rings. The number of aryl methyl sites for hydroxylation is 2. The molecule has 0 spiro atoms. The Morgan fingerprint density at radius 2 is 1.82 bits per heavy atom. The number of hydrogen-bond acceptors (Lipinski definition) is 3. The monoisotopic (exact) mass is 295 g/mol. The minimum absolute atomic E-state index is 0.0268. The van der Waals surface area contributed by atoms with E-state index in [4.69, 9.17) is 0 Å². The third-order valence-electron chi connectivity index (χ3n) is 4.08. The molecule has 1 aliphatic rings. The van der Waals surface area contributed by atoms with Gasteiger partial charge in [0.2, 0.25) is 5.91 Å². The Hall–Kier alpha value is -2.33. The van der Waals surface area contributed by atoms with Crippen LogP contribution in [0.1, 0.15) is 29.2 Å². The minimum atomic E-state index is -0.270. The van der Waals surface area contributed by atoms with Crippen LogP contribution in [0.15, 0.2) is 48.5 Å². The van der Waals surface area contributed by atoms with Crippen molar-refractivity contribution in [3.05, 3.63) is 65.2 Å². The molecule has 1 heterocycles. The maximum absolute atomic E-state index is 12.0. The van der Waals surface area contributed by atoms with Gasteiger partial charge >= 0.3 is 0 Å². The summed E-state index contributed by atoms with van der Waals surface area (Å²) in [5.41, 5.74) is 4.61. The van der Waals surface area contributed by atoms with Crippen LogP contribution in [0.2, 0.25) is 0 Å². The van der Waals surface area contributed by atoms with E-state index in [0.717, 1.165) is 11.3 Å². The number of amides is 1. The van der Waals surface area contributed by atoms with Gasteiger partial charge in [-0.15, -0.1) is 0 Å². The molecule has 3 N–H and O–H groups in total. The fraction of sp³-hybridized carbons (Fsp3) is 0.278. The molecule has 1 amide bonds. The van der Waals surface area contributed by atoms with Crippen molar-refractivity contribution >= 4 is 11.6 Å². The van der Waals surface area contributed by atoms with Crippen LogP contribution >= 0.6 is 0 Å². The molecule has 1 fully saturated rings. The molecule has 0 radical (unpaired) electrons. The lowest BCUT2D eigenvalue weighted by Crippen LogP contribution is -2.56. The summed E-state index contributed by atoms with van der Waals surface area (Å²) >= 11 is 0. The number of benzene rings is 2. The van der Waals surface area contributed by atoms with Crippen molar-refractivity contribution in [2.45, 2.75) is 32.6 Å². The first-order valence-electron chi connectivity index (χ1n) is 7.56. The van der Waals surface area contributed by atoms with Crippen molar-refractivity contribution in [1.82, 2.24) is 10.6 Å². The molecule has 0 saturated carbocycles. The number of rotatable bonds is 3. The van der Waals surface area contributed by atoms with Crippen molar-refractivity contribution in [3.63, 3.8) is 0 Å². The van der Waals surface area contributed by atoms with E-state index in [0.29, 0.717) is 6.42 Å². The average molecular weight is 295 g/mol. The Balaban J connectivity index is 1.73. The molecule has 2 unspecified atom stereocenters. The Morgan fingerprint density at radius 3 is 2.55 bits per heavy atom. The quantitative estimate of drug-likeness (QED) is 0.816. The zero-order valence-corrected chi connectivity index (χ0v) is 12.9. The van der Waals surface area contributed by atoms with Gasteiger partial charge in [0.25, 0.3) is 0 Å². The molecule has 2 aromatic carbocycles. The van der Waals surface area contributed by atoms with Gasteiger partial charge in [0.1, 0.15) is 0 Å². The SMILES string of the molecule is Cc1ccc(NC2NC(=O)CC(c3ccccc3)N2)cc1C. The van der Waals surface area contributed by atoms with Gasteiger partial charge in [0.15, 0.2) is 6.29 Å². The van der Waals surface area contributed by atoms with E-state index in [2.05, 4.69) is 41.9 Å². The summed E-state index contributed by atoms with van der Waals surface area (Å²) in [6.45, 7) is 4.17. The molecule has 114 valence electrons. The molecule has 2 atom stereocenters. The van der Waals surface area contributed by atoms with Crippen molar-refractivity contribution < 1.29 is 4.79 Å². The van der Waals surface area contributed by atoms with Gasteiger partial charge in [0, 0.05) is 18.2 Å². The number of carbonyl (C=O) groups is 1. The molecular weight excluding hydrogens is 274 g/mol. The van der Waals surface area contributed by atoms with Crippen LogP contribution in [-0.4, -0.2) is 12.2 Å². The molecular formula is C18H21N3O. The smallest absolute Gasteiger partial charge is 0.224 e. The Kier molecular flexibility index (Phi) is 4.11. The fourth-order valence-electron chi connectivity index (χ4n) is 2.68. The number of nitrogens with one attached hydrogen (secondary N) is 3. The maximum atomic E-state index is 12.0. The maximum Gasteiger partial charge on any atom is 0.224 e. The van der Waals surface area contributed by atoms with Crippen LogP contribution in [0.4, 0.5) is 5.69 Å². The molecule has 1 aliphatic heterocycles. The van der Waals surface area contributed by atoms with E-state index in [9.17, 15) is 4.79 Å². The van der Waals surface area contributed by atoms with Crippen molar-refractivity contribution in [3.8, 4) is 0 Å². The standard InChI is InChI=1S/C18H21N3O/c1-12-8-9-15(10-13(12)2)19-18-20-16(11-17(22)21-18)14-6-4-3-5-7-14/h3-10,16,18-20H,11H2,1-2H3,(H,21,22). The van der Waals surface area contributed by atoms with E-state index in [1.165, 1.54) is 11.1 Å². The minimum Gasteiger partial charge on any atom is -0.353 e. The summed E-state index contributed by atoms with van der Waals surface area (Å²) in [6.07, 6.45) is 0.184. The molecule has 0 aliphatic carbocycles. The van der Waals surface area contributed by atoms with Crippen LogP contribution < -0.4 is 16.0 Å². The third-order valence-corrected chi connectivity index (χ3v) is 4.08. The zero-order chi connectivity index (χ0) is 15.5. The van der Waals surface area contributed by atoms with Crippen LogP contribution in [-0.2, 0) is 4.79 Å². The van der Waals surface area contributed by atoms with Crippen LogP contribution in [0, 0.1) is 13.8 Å². The van der Waals surface area contributed by atoms with Gasteiger partial charge in [-0.1, -0.05) is 36.4 Å². The number of hydrogen-bond donors (Lipinski definition) is 3. The molecule has 4 nitrogen and oxygen atoms in total. The van der Waals surface area contributed by atoms with Gasteiger partial charge in [-0.2, -0.15) is 0 Å². The second-order valence-electron chi connectivity index (χ2n) is 5.78. The largest absolute Gasteiger partial charge is 0.353 e. The molecule has 0 aromatic heterocycles. The second kappa shape index (κ2) is 6.20. The van der Waals surface area contributed by atoms with Gasteiger partial charge in [-0.05, 0) is 42.7 Å². The lowest BCUT2D eigenvalue weighted by atomic mass is 10.0. The van der Waals surface area contributed by atoms with Gasteiger partial charge in [-0.3, -0.25) is 10.1 Å². The molecule has 3 rings (SSSR count). The van der Waals surface area contributed by atoms with Gasteiger partial charge in [0.05, 0.1) is 0 Å². The van der Waals surface area contributed by atoms with E-state index in [1.54, 1.807) is 0 Å². The summed E-state index contributed by atoms with van der Waals surface area (Å²) in [7, 11) is 0. The van der Waals surface area contributed by atoms with Crippen LogP contribution in [0.5, 0.6) is 0 Å². The first-order chi connectivity index (χ1) is 10.6. The van der Waals surface area contributed by atoms with Gasteiger partial charge in [-0.25, -0.2) is 0 Å². The predicted octanol–water partition coefficient (Wildman–Crippen LogP) is 2.85. The third kappa shape index (κ3) is 3.28. The zero-order valence-electron chi connectivity index (χ0n) is 12.9. The first kappa shape index (κ1) is 14.6. The van der Waals surface area contributed by atoms with Gasteiger partial charge < -0.3 is 10.6 Å². The Bertz CT molecular complexity index is 669. The average Bonchev–Trinajstić information content (AvgIpc) is 2.51. The van der Waals surface area contributed by atoms with E-state index < -0.39 is 0 Å². The summed E-state index contributed by atoms with van der Waals surface area (Å²) in [5.74, 6) is 0.0499. The number of anilines is 1. The summed E-state index contributed by atoms with van der Waals surface area (Å²) in [5, 5.41) is 9.71. The highest BCUT2D eigenvalue weighted by Crippen LogP contribution is 2.21. The van der Waals surface area contributed by atoms with Crippen LogP contribution in [0.25, 0.3) is 0 Å². The Labute approximate surface area is 130 Å². The molecule has 22 heavy (non-hydrogen) atoms. The van der Waals surface area contributed by atoms with E-state index in [-0.39, 0.29) is 18.2 Å².